The third kappa shape index (κ3) is 2.36. The van der Waals surface area contributed by atoms with Gasteiger partial charge in [-0.25, -0.2) is 0 Å². The smallest absolute Gasteiger partial charge is 0.113 e. The van der Waals surface area contributed by atoms with E-state index in [1.165, 1.54) is 0 Å². The molecule has 0 saturated carbocycles. The molecule has 1 aromatic carbocycles. The van der Waals surface area contributed by atoms with Gasteiger partial charge in [-0.05, 0) is 29.8 Å². The molecule has 0 radical (unpaired) electrons. The van der Waals surface area contributed by atoms with Gasteiger partial charge in [-0.15, -0.1) is 0 Å². The van der Waals surface area contributed by atoms with Crippen molar-refractivity contribution in [2.45, 2.75) is 12.5 Å². The van der Waals surface area contributed by atoms with Crippen LogP contribution in [0.15, 0.2) is 34.5 Å². The van der Waals surface area contributed by atoms with Gasteiger partial charge in [0.1, 0.15) is 5.76 Å². The Hall–Kier alpha value is -0.510. The highest BCUT2D eigenvalue weighted by Gasteiger charge is 2.19. The quantitative estimate of drug-likeness (QED) is 0.905. The minimum atomic E-state index is -0.266. The summed E-state index contributed by atoms with van der Waals surface area (Å²) in [6.07, 6.45) is 2.94. The normalized spacial score (nSPS) is 17.1. The molecule has 1 atom stereocenters. The van der Waals surface area contributed by atoms with Crippen LogP contribution in [-0.2, 0) is 4.74 Å². The van der Waals surface area contributed by atoms with Crippen molar-refractivity contribution < 1.29 is 4.74 Å². The molecule has 4 heteroatoms. The molecule has 0 aromatic heterocycles. The van der Waals surface area contributed by atoms with E-state index in [2.05, 4.69) is 15.9 Å². The predicted octanol–water partition coefficient (Wildman–Crippen LogP) is 3.41. The van der Waals surface area contributed by atoms with Crippen LogP contribution in [0.1, 0.15) is 18.0 Å². The van der Waals surface area contributed by atoms with Crippen LogP contribution in [0.3, 0.4) is 0 Å². The van der Waals surface area contributed by atoms with E-state index in [0.717, 1.165) is 22.2 Å². The Morgan fingerprint density at radius 1 is 1.47 bits per heavy atom. The van der Waals surface area contributed by atoms with E-state index in [4.69, 9.17) is 22.1 Å². The highest BCUT2D eigenvalue weighted by atomic mass is 79.9. The molecule has 1 unspecified atom stereocenters. The van der Waals surface area contributed by atoms with Crippen molar-refractivity contribution in [3.05, 3.63) is 45.1 Å². The third-order valence-corrected chi connectivity index (χ3v) is 3.17. The lowest BCUT2D eigenvalue weighted by atomic mass is 10.1. The number of ether oxygens (including phenoxy) is 1. The summed E-state index contributed by atoms with van der Waals surface area (Å²) in [5.41, 5.74) is 6.96. The SMILES string of the molecule is NC(C1=CCCO1)c1cc(Br)ccc1Cl. The van der Waals surface area contributed by atoms with Gasteiger partial charge < -0.3 is 10.5 Å². The zero-order valence-corrected chi connectivity index (χ0v) is 10.4. The summed E-state index contributed by atoms with van der Waals surface area (Å²) in [4.78, 5) is 0. The van der Waals surface area contributed by atoms with Crippen molar-refractivity contribution in [3.8, 4) is 0 Å². The molecule has 0 saturated heterocycles. The van der Waals surface area contributed by atoms with Crippen molar-refractivity contribution in [2.24, 2.45) is 5.73 Å². The molecule has 2 nitrogen and oxygen atoms in total. The second-order valence-electron chi connectivity index (χ2n) is 3.39. The van der Waals surface area contributed by atoms with Gasteiger partial charge in [-0.3, -0.25) is 0 Å². The van der Waals surface area contributed by atoms with Crippen LogP contribution < -0.4 is 5.73 Å². The first-order chi connectivity index (χ1) is 7.18. The molecule has 2 N–H and O–H groups in total. The largest absolute Gasteiger partial charge is 0.496 e. The third-order valence-electron chi connectivity index (χ3n) is 2.33. The number of hydrogen-bond acceptors (Lipinski definition) is 2. The first-order valence-electron chi connectivity index (χ1n) is 4.72. The molecule has 0 amide bonds. The Balaban J connectivity index is 2.31. The fourth-order valence-electron chi connectivity index (χ4n) is 1.56. The molecule has 1 aromatic rings. The minimum absolute atomic E-state index is 0.266. The molecule has 2 rings (SSSR count). The lowest BCUT2D eigenvalue weighted by Crippen LogP contribution is -2.14. The molecule has 0 spiro atoms. The summed E-state index contributed by atoms with van der Waals surface area (Å²) in [5.74, 6) is 0.815. The summed E-state index contributed by atoms with van der Waals surface area (Å²) in [6, 6.07) is 5.38. The first kappa shape index (κ1) is 11.0. The first-order valence-corrected chi connectivity index (χ1v) is 5.89. The lowest BCUT2D eigenvalue weighted by Gasteiger charge is -2.15. The summed E-state index contributed by atoms with van der Waals surface area (Å²) >= 11 is 9.48. The minimum Gasteiger partial charge on any atom is -0.496 e. The van der Waals surface area contributed by atoms with Crippen molar-refractivity contribution in [1.29, 1.82) is 0 Å². The zero-order valence-electron chi connectivity index (χ0n) is 8.04. The van der Waals surface area contributed by atoms with E-state index in [-0.39, 0.29) is 6.04 Å². The van der Waals surface area contributed by atoms with Crippen molar-refractivity contribution in [3.63, 3.8) is 0 Å². The van der Waals surface area contributed by atoms with E-state index in [1.54, 1.807) is 0 Å². The maximum atomic E-state index is 6.09. The number of hydrogen-bond donors (Lipinski definition) is 1. The Morgan fingerprint density at radius 2 is 2.27 bits per heavy atom. The summed E-state index contributed by atoms with van der Waals surface area (Å²) in [6.45, 7) is 0.717. The maximum Gasteiger partial charge on any atom is 0.113 e. The van der Waals surface area contributed by atoms with Gasteiger partial charge in [0.25, 0.3) is 0 Å². The molecule has 15 heavy (non-hydrogen) atoms. The second kappa shape index (κ2) is 4.56. The van der Waals surface area contributed by atoms with Crippen LogP contribution in [-0.4, -0.2) is 6.61 Å². The van der Waals surface area contributed by atoms with E-state index in [0.29, 0.717) is 11.6 Å². The topological polar surface area (TPSA) is 35.2 Å². The number of halogens is 2. The van der Waals surface area contributed by atoms with Gasteiger partial charge in [0.2, 0.25) is 0 Å². The fraction of sp³-hybridized carbons (Fsp3) is 0.273. The van der Waals surface area contributed by atoms with Crippen LogP contribution in [0.25, 0.3) is 0 Å². The van der Waals surface area contributed by atoms with E-state index >= 15 is 0 Å². The van der Waals surface area contributed by atoms with E-state index in [9.17, 15) is 0 Å². The molecule has 0 bridgehead atoms. The number of nitrogens with two attached hydrogens (primary N) is 1. The van der Waals surface area contributed by atoms with Crippen LogP contribution >= 0.6 is 27.5 Å². The average molecular weight is 289 g/mol. The van der Waals surface area contributed by atoms with Gasteiger partial charge in [0.15, 0.2) is 0 Å². The van der Waals surface area contributed by atoms with Crippen LogP contribution in [0, 0.1) is 0 Å². The lowest BCUT2D eigenvalue weighted by molar-refractivity contribution is 0.225. The van der Waals surface area contributed by atoms with Crippen LogP contribution in [0.4, 0.5) is 0 Å². The highest BCUT2D eigenvalue weighted by molar-refractivity contribution is 9.10. The van der Waals surface area contributed by atoms with Crippen molar-refractivity contribution >= 4 is 27.5 Å². The molecule has 0 fully saturated rings. The van der Waals surface area contributed by atoms with Gasteiger partial charge in [0, 0.05) is 15.9 Å². The van der Waals surface area contributed by atoms with Gasteiger partial charge >= 0.3 is 0 Å². The Kier molecular flexibility index (Phi) is 3.34. The summed E-state index contributed by atoms with van der Waals surface area (Å²) < 4.78 is 6.39. The second-order valence-corrected chi connectivity index (χ2v) is 4.71. The Bertz CT molecular complexity index is 406. The molecule has 0 aliphatic carbocycles. The number of rotatable bonds is 2. The maximum absolute atomic E-state index is 6.09. The zero-order chi connectivity index (χ0) is 10.8. The Labute approximate surface area is 102 Å². The van der Waals surface area contributed by atoms with Crippen molar-refractivity contribution in [2.75, 3.05) is 6.61 Å². The van der Waals surface area contributed by atoms with E-state index in [1.807, 2.05) is 24.3 Å². The molecular weight excluding hydrogens is 277 g/mol. The average Bonchev–Trinajstić information content (AvgIpc) is 2.74. The molecule has 1 aliphatic heterocycles. The van der Waals surface area contributed by atoms with Gasteiger partial charge in [-0.1, -0.05) is 27.5 Å². The van der Waals surface area contributed by atoms with Crippen molar-refractivity contribution in [1.82, 2.24) is 0 Å². The predicted molar refractivity (Wildman–Crippen MR) is 64.7 cm³/mol. The number of benzene rings is 1. The standard InChI is InChI=1S/C11H11BrClNO/c12-7-3-4-9(13)8(6-7)11(14)10-2-1-5-15-10/h2-4,6,11H,1,5,14H2. The van der Waals surface area contributed by atoms with Gasteiger partial charge in [0.05, 0.1) is 12.6 Å². The highest BCUT2D eigenvalue weighted by Crippen LogP contribution is 2.31. The fourth-order valence-corrected chi connectivity index (χ4v) is 2.17. The van der Waals surface area contributed by atoms with Gasteiger partial charge in [-0.2, -0.15) is 0 Å². The molecular formula is C11H11BrClNO. The van der Waals surface area contributed by atoms with Crippen LogP contribution in [0.2, 0.25) is 5.02 Å². The summed E-state index contributed by atoms with van der Waals surface area (Å²) in [5, 5.41) is 0.669. The molecule has 80 valence electrons. The molecule has 1 aliphatic rings. The monoisotopic (exact) mass is 287 g/mol. The Morgan fingerprint density at radius 3 is 2.93 bits per heavy atom. The summed E-state index contributed by atoms with van der Waals surface area (Å²) in [7, 11) is 0. The molecule has 1 heterocycles. The van der Waals surface area contributed by atoms with Crippen LogP contribution in [0.5, 0.6) is 0 Å². The van der Waals surface area contributed by atoms with E-state index < -0.39 is 0 Å².